The smallest absolute Gasteiger partial charge is 0.180 e. The van der Waals surface area contributed by atoms with Crippen molar-refractivity contribution in [2.75, 3.05) is 38.8 Å². The SMILES string of the molecule is CN(C)CCNc1nc2cc(S(C)(=O)=O)ccc2n2ccnc12. The lowest BCUT2D eigenvalue weighted by atomic mass is 10.3. The van der Waals surface area contributed by atoms with E-state index in [1.807, 2.05) is 24.7 Å². The van der Waals surface area contributed by atoms with Crippen molar-refractivity contribution >= 4 is 32.3 Å². The van der Waals surface area contributed by atoms with Gasteiger partial charge in [-0.1, -0.05) is 0 Å². The van der Waals surface area contributed by atoms with E-state index >= 15 is 0 Å². The van der Waals surface area contributed by atoms with Crippen molar-refractivity contribution in [1.29, 1.82) is 0 Å². The largest absolute Gasteiger partial charge is 0.366 e. The molecule has 0 atom stereocenters. The molecule has 8 heteroatoms. The fourth-order valence-corrected chi connectivity index (χ4v) is 3.03. The molecular weight excluding hydrogens is 314 g/mol. The number of anilines is 1. The number of nitrogens with one attached hydrogen (secondary N) is 1. The minimum Gasteiger partial charge on any atom is -0.366 e. The fraction of sp³-hybridized carbons (Fsp3) is 0.333. The highest BCUT2D eigenvalue weighted by molar-refractivity contribution is 7.90. The van der Waals surface area contributed by atoms with Gasteiger partial charge < -0.3 is 10.2 Å². The van der Waals surface area contributed by atoms with Crippen LogP contribution in [-0.4, -0.2) is 61.1 Å². The number of hydrogen-bond acceptors (Lipinski definition) is 6. The third kappa shape index (κ3) is 3.13. The molecule has 0 spiro atoms. The summed E-state index contributed by atoms with van der Waals surface area (Å²) >= 11 is 0. The number of benzene rings is 1. The monoisotopic (exact) mass is 333 g/mol. The molecular formula is C15H19N5O2S. The molecule has 7 nitrogen and oxygen atoms in total. The molecule has 0 aliphatic rings. The third-order valence-electron chi connectivity index (χ3n) is 3.57. The number of imidazole rings is 1. The topological polar surface area (TPSA) is 79.6 Å². The average Bonchev–Trinajstić information content (AvgIpc) is 2.95. The number of fused-ring (bicyclic) bond motifs is 3. The Balaban J connectivity index is 2.12. The minimum atomic E-state index is -3.27. The standard InChI is InChI=1S/C15H19N5O2S/c1-19(2)8-6-16-14-15-17-7-9-20(15)13-5-4-11(23(3,21)22)10-12(13)18-14/h4-5,7,9-10H,6,8H2,1-3H3,(H,16,18). The first-order valence-electron chi connectivity index (χ1n) is 7.22. The highest BCUT2D eigenvalue weighted by Gasteiger charge is 2.13. The lowest BCUT2D eigenvalue weighted by Gasteiger charge is -2.13. The van der Waals surface area contributed by atoms with Crippen LogP contribution in [-0.2, 0) is 9.84 Å². The van der Waals surface area contributed by atoms with Gasteiger partial charge in [0.1, 0.15) is 0 Å². The Kier molecular flexibility index (Phi) is 3.95. The zero-order valence-corrected chi connectivity index (χ0v) is 14.1. The van der Waals surface area contributed by atoms with Crippen LogP contribution in [0.2, 0.25) is 0 Å². The maximum atomic E-state index is 11.8. The van der Waals surface area contributed by atoms with Crippen LogP contribution in [0.3, 0.4) is 0 Å². The van der Waals surface area contributed by atoms with Gasteiger partial charge in [0.05, 0.1) is 15.9 Å². The second-order valence-electron chi connectivity index (χ2n) is 5.73. The molecule has 0 aliphatic carbocycles. The summed E-state index contributed by atoms with van der Waals surface area (Å²) in [4.78, 5) is 11.2. The highest BCUT2D eigenvalue weighted by Crippen LogP contribution is 2.23. The van der Waals surface area contributed by atoms with Crippen molar-refractivity contribution < 1.29 is 8.42 Å². The van der Waals surface area contributed by atoms with E-state index < -0.39 is 9.84 Å². The Morgan fingerprint density at radius 3 is 2.78 bits per heavy atom. The molecule has 3 aromatic rings. The molecule has 1 aromatic carbocycles. The van der Waals surface area contributed by atoms with Gasteiger partial charge in [-0.3, -0.25) is 4.40 Å². The molecule has 2 heterocycles. The van der Waals surface area contributed by atoms with Gasteiger partial charge in [0.25, 0.3) is 0 Å². The predicted octanol–water partition coefficient (Wildman–Crippen LogP) is 1.26. The molecule has 0 unspecified atom stereocenters. The zero-order valence-electron chi connectivity index (χ0n) is 13.3. The number of sulfone groups is 1. The van der Waals surface area contributed by atoms with Gasteiger partial charge in [-0.25, -0.2) is 18.4 Å². The van der Waals surface area contributed by atoms with Crippen molar-refractivity contribution in [3.8, 4) is 0 Å². The molecule has 122 valence electrons. The van der Waals surface area contributed by atoms with E-state index in [0.717, 1.165) is 24.3 Å². The molecule has 0 fully saturated rings. The van der Waals surface area contributed by atoms with Crippen LogP contribution in [0.1, 0.15) is 0 Å². The van der Waals surface area contributed by atoms with Gasteiger partial charge in [0.2, 0.25) is 0 Å². The lowest BCUT2D eigenvalue weighted by Crippen LogP contribution is -2.21. The summed E-state index contributed by atoms with van der Waals surface area (Å²) in [7, 11) is 0.731. The average molecular weight is 333 g/mol. The van der Waals surface area contributed by atoms with Crippen LogP contribution in [0.15, 0.2) is 35.5 Å². The first-order valence-corrected chi connectivity index (χ1v) is 9.11. The zero-order chi connectivity index (χ0) is 16.6. The van der Waals surface area contributed by atoms with Crippen LogP contribution in [0, 0.1) is 0 Å². The first kappa shape index (κ1) is 15.7. The van der Waals surface area contributed by atoms with Crippen LogP contribution < -0.4 is 5.32 Å². The second-order valence-corrected chi connectivity index (χ2v) is 7.75. The molecule has 23 heavy (non-hydrogen) atoms. The van der Waals surface area contributed by atoms with Crippen molar-refractivity contribution in [2.45, 2.75) is 4.90 Å². The summed E-state index contributed by atoms with van der Waals surface area (Å²) in [5, 5.41) is 3.27. The van der Waals surface area contributed by atoms with Crippen LogP contribution in [0.25, 0.3) is 16.7 Å². The molecule has 0 radical (unpaired) electrons. The Hall–Kier alpha value is -2.19. The summed E-state index contributed by atoms with van der Waals surface area (Å²) < 4.78 is 25.4. The predicted molar refractivity (Wildman–Crippen MR) is 90.6 cm³/mol. The van der Waals surface area contributed by atoms with Gasteiger partial charge in [0.15, 0.2) is 21.3 Å². The van der Waals surface area contributed by atoms with E-state index in [-0.39, 0.29) is 4.90 Å². The maximum Gasteiger partial charge on any atom is 0.180 e. The molecule has 0 amide bonds. The van der Waals surface area contributed by atoms with Gasteiger partial charge in [-0.15, -0.1) is 0 Å². The van der Waals surface area contributed by atoms with E-state index in [4.69, 9.17) is 0 Å². The van der Waals surface area contributed by atoms with Gasteiger partial charge in [0, 0.05) is 31.7 Å². The van der Waals surface area contributed by atoms with Gasteiger partial charge >= 0.3 is 0 Å². The number of nitrogens with zero attached hydrogens (tertiary/aromatic N) is 4. The van der Waals surface area contributed by atoms with Crippen LogP contribution in [0.4, 0.5) is 5.82 Å². The van der Waals surface area contributed by atoms with E-state index in [1.54, 1.807) is 24.4 Å². The molecule has 0 bridgehead atoms. The summed E-state index contributed by atoms with van der Waals surface area (Å²) in [6, 6.07) is 4.95. The van der Waals surface area contributed by atoms with Gasteiger partial charge in [-0.05, 0) is 32.3 Å². The summed E-state index contributed by atoms with van der Waals surface area (Å²) in [5.74, 6) is 0.648. The Bertz CT molecular complexity index is 963. The molecule has 1 N–H and O–H groups in total. The molecule has 0 aliphatic heterocycles. The van der Waals surface area contributed by atoms with E-state index in [9.17, 15) is 8.42 Å². The summed E-state index contributed by atoms with van der Waals surface area (Å²) in [5.41, 5.74) is 2.16. The lowest BCUT2D eigenvalue weighted by molar-refractivity contribution is 0.425. The second kappa shape index (κ2) is 5.78. The Morgan fingerprint density at radius 1 is 1.30 bits per heavy atom. The minimum absolute atomic E-state index is 0.260. The van der Waals surface area contributed by atoms with Crippen molar-refractivity contribution in [3.05, 3.63) is 30.6 Å². The number of likely N-dealkylation sites (N-methyl/N-ethyl adjacent to an activating group) is 1. The van der Waals surface area contributed by atoms with E-state index in [0.29, 0.717) is 11.3 Å². The molecule has 3 rings (SSSR count). The fourth-order valence-electron chi connectivity index (χ4n) is 2.39. The summed E-state index contributed by atoms with van der Waals surface area (Å²) in [6.07, 6.45) is 4.74. The highest BCUT2D eigenvalue weighted by atomic mass is 32.2. The van der Waals surface area contributed by atoms with E-state index in [1.165, 1.54) is 6.26 Å². The quantitative estimate of drug-likeness (QED) is 0.757. The summed E-state index contributed by atoms with van der Waals surface area (Å²) in [6.45, 7) is 1.58. The van der Waals surface area contributed by atoms with E-state index in [2.05, 4.69) is 20.2 Å². The first-order chi connectivity index (χ1) is 10.9. The van der Waals surface area contributed by atoms with Crippen molar-refractivity contribution in [1.82, 2.24) is 19.3 Å². The third-order valence-corrected chi connectivity index (χ3v) is 4.68. The molecule has 0 saturated carbocycles. The number of aromatic nitrogens is 3. The van der Waals surface area contributed by atoms with Crippen LogP contribution >= 0.6 is 0 Å². The Morgan fingerprint density at radius 2 is 2.09 bits per heavy atom. The maximum absolute atomic E-state index is 11.8. The number of hydrogen-bond donors (Lipinski definition) is 1. The molecule has 0 saturated heterocycles. The van der Waals surface area contributed by atoms with Crippen LogP contribution in [0.5, 0.6) is 0 Å². The van der Waals surface area contributed by atoms with Gasteiger partial charge in [-0.2, -0.15) is 0 Å². The van der Waals surface area contributed by atoms with Crippen molar-refractivity contribution in [2.24, 2.45) is 0 Å². The number of rotatable bonds is 5. The Labute approximate surface area is 134 Å². The molecule has 2 aromatic heterocycles. The van der Waals surface area contributed by atoms with Crippen molar-refractivity contribution in [3.63, 3.8) is 0 Å². The normalized spacial score (nSPS) is 12.3.